The highest BCUT2D eigenvalue weighted by atomic mass is 19.1. The van der Waals surface area contributed by atoms with Crippen molar-refractivity contribution in [3.05, 3.63) is 53.2 Å². The first-order chi connectivity index (χ1) is 21.0. The van der Waals surface area contributed by atoms with E-state index < -0.39 is 17.2 Å². The summed E-state index contributed by atoms with van der Waals surface area (Å²) in [7, 11) is 4.05. The highest BCUT2D eigenvalue weighted by Crippen LogP contribution is 2.39. The van der Waals surface area contributed by atoms with E-state index in [2.05, 4.69) is 38.0 Å². The number of piperidine rings is 1. The molecule has 0 unspecified atom stereocenters. The molecule has 0 amide bonds. The second kappa shape index (κ2) is 11.9. The number of anilines is 2. The van der Waals surface area contributed by atoms with Gasteiger partial charge in [0.05, 0.1) is 16.6 Å². The molecule has 0 radical (unpaired) electrons. The Morgan fingerprint density at radius 2 is 1.91 bits per heavy atom. The summed E-state index contributed by atoms with van der Waals surface area (Å²) >= 11 is 0. The van der Waals surface area contributed by atoms with Crippen LogP contribution in [0.2, 0.25) is 0 Å². The molecule has 230 valence electrons. The molecule has 0 saturated carbocycles. The number of hydrogen-bond acceptors (Lipinski definition) is 8. The third-order valence-corrected chi connectivity index (χ3v) is 8.88. The van der Waals surface area contributed by atoms with Crippen LogP contribution in [0.15, 0.2) is 30.5 Å². The average Bonchev–Trinajstić information content (AvgIpc) is 3.01. The maximum absolute atomic E-state index is 16.9. The van der Waals surface area contributed by atoms with Crippen LogP contribution in [0.3, 0.4) is 0 Å². The predicted molar refractivity (Wildman–Crippen MR) is 172 cm³/mol. The van der Waals surface area contributed by atoms with Crippen molar-refractivity contribution in [2.45, 2.75) is 44.8 Å². The first-order valence-corrected chi connectivity index (χ1v) is 15.3. The number of fused-ring (bicyclic) bond motifs is 2. The molecule has 2 aliphatic rings. The van der Waals surface area contributed by atoms with Gasteiger partial charge in [-0.05, 0) is 69.4 Å². The number of aliphatic hydroxyl groups is 1. The lowest BCUT2D eigenvalue weighted by Gasteiger charge is -2.33. The number of aromatic nitrogens is 3. The number of nitrogens with zero attached hydrogens (tertiary/aromatic N) is 6. The van der Waals surface area contributed by atoms with Gasteiger partial charge in [0.1, 0.15) is 22.8 Å². The molecule has 2 saturated heterocycles. The number of rotatable bonds is 6. The van der Waals surface area contributed by atoms with Crippen molar-refractivity contribution >= 4 is 33.4 Å². The molecule has 10 heteroatoms. The van der Waals surface area contributed by atoms with Gasteiger partial charge < -0.3 is 25.1 Å². The SMILES string of the molecule is C#Cc1c(F)ccc2cc(C(C)(C)O)cc(-c3ncc4c(N(C)C[C@H]5CCCCN5)nc(N5CCN(C)CC5)nc4c3F)c12. The largest absolute Gasteiger partial charge is 0.386 e. The molecule has 4 aromatic rings. The van der Waals surface area contributed by atoms with E-state index in [1.165, 1.54) is 12.5 Å². The summed E-state index contributed by atoms with van der Waals surface area (Å²) in [6.07, 6.45) is 10.8. The Morgan fingerprint density at radius 3 is 2.59 bits per heavy atom. The lowest BCUT2D eigenvalue weighted by atomic mass is 9.89. The zero-order valence-corrected chi connectivity index (χ0v) is 25.8. The molecule has 2 N–H and O–H groups in total. The van der Waals surface area contributed by atoms with Crippen LogP contribution in [0.4, 0.5) is 20.5 Å². The van der Waals surface area contributed by atoms with Gasteiger partial charge in [-0.2, -0.15) is 4.98 Å². The zero-order chi connectivity index (χ0) is 31.2. The molecule has 2 aromatic heterocycles. The molecule has 2 aliphatic heterocycles. The fraction of sp³-hybridized carbons (Fsp3) is 0.441. The van der Waals surface area contributed by atoms with Gasteiger partial charge in [-0.1, -0.05) is 18.4 Å². The molecule has 8 nitrogen and oxygen atoms in total. The zero-order valence-electron chi connectivity index (χ0n) is 25.8. The number of pyridine rings is 1. The van der Waals surface area contributed by atoms with Crippen molar-refractivity contribution in [3.8, 4) is 23.6 Å². The minimum absolute atomic E-state index is 0.0127. The molecular weight excluding hydrogens is 560 g/mol. The maximum atomic E-state index is 16.9. The topological polar surface area (TPSA) is 80.7 Å². The van der Waals surface area contributed by atoms with Crippen molar-refractivity contribution in [3.63, 3.8) is 0 Å². The molecule has 2 aromatic carbocycles. The third-order valence-electron chi connectivity index (χ3n) is 8.88. The van der Waals surface area contributed by atoms with E-state index in [0.29, 0.717) is 51.6 Å². The Labute approximate surface area is 257 Å². The number of hydrogen-bond donors (Lipinski definition) is 2. The molecule has 4 heterocycles. The van der Waals surface area contributed by atoms with Crippen LogP contribution in [0.5, 0.6) is 0 Å². The van der Waals surface area contributed by atoms with Gasteiger partial charge in [0, 0.05) is 63.0 Å². The number of benzene rings is 2. The van der Waals surface area contributed by atoms with E-state index in [9.17, 15) is 9.50 Å². The monoisotopic (exact) mass is 599 g/mol. The summed E-state index contributed by atoms with van der Waals surface area (Å²) in [5.74, 6) is 2.29. The van der Waals surface area contributed by atoms with Crippen molar-refractivity contribution in [1.82, 2.24) is 25.2 Å². The molecule has 0 aliphatic carbocycles. The minimum atomic E-state index is -1.25. The van der Waals surface area contributed by atoms with Crippen molar-refractivity contribution < 1.29 is 13.9 Å². The van der Waals surface area contributed by atoms with Gasteiger partial charge in [0.2, 0.25) is 5.95 Å². The van der Waals surface area contributed by atoms with E-state index in [1.807, 2.05) is 7.05 Å². The smallest absolute Gasteiger partial charge is 0.228 e. The van der Waals surface area contributed by atoms with Gasteiger partial charge in [-0.3, -0.25) is 4.98 Å². The van der Waals surface area contributed by atoms with Crippen LogP contribution in [0.1, 0.15) is 44.2 Å². The second-order valence-electron chi connectivity index (χ2n) is 12.6. The van der Waals surface area contributed by atoms with Crippen molar-refractivity contribution in [1.29, 1.82) is 0 Å². The Hall–Kier alpha value is -3.91. The Kier molecular flexibility index (Phi) is 8.14. The summed E-state index contributed by atoms with van der Waals surface area (Å²) in [5.41, 5.74) is -0.285. The lowest BCUT2D eigenvalue weighted by molar-refractivity contribution is 0.0788. The molecule has 2 fully saturated rings. The van der Waals surface area contributed by atoms with Crippen molar-refractivity contribution in [2.24, 2.45) is 0 Å². The van der Waals surface area contributed by atoms with E-state index >= 15 is 4.39 Å². The lowest BCUT2D eigenvalue weighted by Crippen LogP contribution is -2.45. The molecule has 6 rings (SSSR count). The number of halogens is 2. The predicted octanol–water partition coefficient (Wildman–Crippen LogP) is 4.66. The second-order valence-corrected chi connectivity index (χ2v) is 12.6. The number of piperazine rings is 1. The van der Waals surface area contributed by atoms with Gasteiger partial charge in [0.25, 0.3) is 0 Å². The summed E-state index contributed by atoms with van der Waals surface area (Å²) in [4.78, 5) is 20.8. The van der Waals surface area contributed by atoms with Crippen LogP contribution in [0, 0.1) is 24.0 Å². The summed E-state index contributed by atoms with van der Waals surface area (Å²) in [5, 5.41) is 15.9. The van der Waals surface area contributed by atoms with Crippen molar-refractivity contribution in [2.75, 3.05) is 63.2 Å². The Bertz CT molecular complexity index is 1750. The number of terminal acetylenes is 1. The standard InChI is InChI=1S/C34H39F2N7O/c1-6-24-27(35)11-10-21-17-22(34(2,3)44)18-25(28(21)24)30-29(36)31-26(19-38-30)32(42(5)20-23-9-7-8-12-37-23)40-33(39-31)43-15-13-41(4)14-16-43/h1,10-11,17-19,23,37,44H,7-9,12-16,20H2,2-5H3/t23-/m1/s1. The van der Waals surface area contributed by atoms with E-state index in [0.717, 1.165) is 45.6 Å². The highest BCUT2D eigenvalue weighted by Gasteiger charge is 2.27. The fourth-order valence-electron chi connectivity index (χ4n) is 6.28. The van der Waals surface area contributed by atoms with E-state index in [1.54, 1.807) is 38.2 Å². The maximum Gasteiger partial charge on any atom is 0.228 e. The van der Waals surface area contributed by atoms with Gasteiger partial charge in [-0.25, -0.2) is 13.8 Å². The normalized spacial score (nSPS) is 18.1. The number of nitrogens with one attached hydrogen (secondary N) is 1. The molecular formula is C34H39F2N7O. The first kappa shape index (κ1) is 30.1. The first-order valence-electron chi connectivity index (χ1n) is 15.3. The summed E-state index contributed by atoms with van der Waals surface area (Å²) in [6, 6.07) is 6.57. The Balaban J connectivity index is 1.57. The summed E-state index contributed by atoms with van der Waals surface area (Å²) in [6.45, 7) is 8.11. The average molecular weight is 600 g/mol. The van der Waals surface area contributed by atoms with Crippen LogP contribution < -0.4 is 15.1 Å². The highest BCUT2D eigenvalue weighted by molar-refractivity contribution is 6.02. The molecule has 44 heavy (non-hydrogen) atoms. The fourth-order valence-corrected chi connectivity index (χ4v) is 6.28. The van der Waals surface area contributed by atoms with Crippen LogP contribution in [-0.4, -0.2) is 84.4 Å². The summed E-state index contributed by atoms with van der Waals surface area (Å²) < 4.78 is 31.9. The Morgan fingerprint density at radius 1 is 1.14 bits per heavy atom. The van der Waals surface area contributed by atoms with E-state index in [4.69, 9.17) is 16.4 Å². The number of likely N-dealkylation sites (N-methyl/N-ethyl adjacent to an activating group) is 2. The molecule has 0 bridgehead atoms. The molecule has 0 spiro atoms. The van der Waals surface area contributed by atoms with Crippen LogP contribution >= 0.6 is 0 Å². The van der Waals surface area contributed by atoms with E-state index in [-0.39, 0.29) is 16.8 Å². The van der Waals surface area contributed by atoms with Gasteiger partial charge in [-0.15, -0.1) is 6.42 Å². The molecule has 1 atom stereocenters. The third kappa shape index (κ3) is 5.68. The van der Waals surface area contributed by atoms with Crippen LogP contribution in [0.25, 0.3) is 32.9 Å². The quantitative estimate of drug-likeness (QED) is 0.310. The minimum Gasteiger partial charge on any atom is -0.386 e. The van der Waals surface area contributed by atoms with Gasteiger partial charge >= 0.3 is 0 Å². The van der Waals surface area contributed by atoms with Crippen LogP contribution in [-0.2, 0) is 5.60 Å². The van der Waals surface area contributed by atoms with Gasteiger partial charge in [0.15, 0.2) is 5.82 Å².